The zero-order valence-corrected chi connectivity index (χ0v) is 12.5. The molecular weight excluding hydrogens is 290 g/mol. The molecule has 1 aromatic carbocycles. The first-order valence-electron chi connectivity index (χ1n) is 7.07. The van der Waals surface area contributed by atoms with Crippen LogP contribution < -0.4 is 4.74 Å². The molecule has 0 amide bonds. The third-order valence-corrected chi connectivity index (χ3v) is 3.83. The quantitative estimate of drug-likeness (QED) is 0.851. The van der Waals surface area contributed by atoms with Gasteiger partial charge in [0.25, 0.3) is 0 Å². The van der Waals surface area contributed by atoms with Crippen LogP contribution in [-0.2, 0) is 11.3 Å². The van der Waals surface area contributed by atoms with Gasteiger partial charge in [0.1, 0.15) is 5.75 Å². The summed E-state index contributed by atoms with van der Waals surface area (Å²) in [5, 5.41) is 4.83. The summed E-state index contributed by atoms with van der Waals surface area (Å²) in [5.41, 5.74) is 0. The Morgan fingerprint density at radius 1 is 1.14 bits per heavy atom. The molecule has 0 aliphatic carbocycles. The molecule has 0 spiro atoms. The van der Waals surface area contributed by atoms with Gasteiger partial charge in [0.05, 0.1) is 26.0 Å². The predicted octanol–water partition coefficient (Wildman–Crippen LogP) is 2.66. The molecule has 3 rings (SSSR count). The topological polar surface area (TPSA) is 39.5 Å². The van der Waals surface area contributed by atoms with Crippen LogP contribution in [0.2, 0.25) is 5.15 Å². The fraction of sp³-hybridized carbons (Fsp3) is 0.400. The van der Waals surface area contributed by atoms with E-state index in [1.165, 1.54) is 0 Å². The number of benzene rings is 1. The number of halogens is 1. The van der Waals surface area contributed by atoms with Gasteiger partial charge < -0.3 is 9.47 Å². The highest BCUT2D eigenvalue weighted by Gasteiger charge is 2.14. The van der Waals surface area contributed by atoms with Crippen molar-refractivity contribution in [3.8, 4) is 11.5 Å². The molecule has 1 aliphatic heterocycles. The van der Waals surface area contributed by atoms with Gasteiger partial charge in [-0.2, -0.15) is 5.10 Å². The summed E-state index contributed by atoms with van der Waals surface area (Å²) in [4.78, 5) is 2.35. The van der Waals surface area contributed by atoms with Crippen molar-refractivity contribution in [3.05, 3.63) is 41.7 Å². The summed E-state index contributed by atoms with van der Waals surface area (Å²) in [6, 6.07) is 9.57. The maximum Gasteiger partial charge on any atom is 0.184 e. The highest BCUT2D eigenvalue weighted by atomic mass is 35.5. The summed E-state index contributed by atoms with van der Waals surface area (Å²) in [5.74, 6) is 1.34. The molecule has 112 valence electrons. The minimum Gasteiger partial charge on any atom is -0.452 e. The van der Waals surface area contributed by atoms with Gasteiger partial charge in [0.2, 0.25) is 0 Å². The number of nitrogens with zero attached hydrogens (tertiary/aromatic N) is 3. The SMILES string of the molecule is Clc1c(Oc2ccccc2)cnn1CCN1CCOCC1. The molecule has 2 aromatic rings. The first-order valence-corrected chi connectivity index (χ1v) is 7.45. The minimum absolute atomic E-state index is 0.534. The molecule has 0 unspecified atom stereocenters. The zero-order chi connectivity index (χ0) is 14.5. The fourth-order valence-corrected chi connectivity index (χ4v) is 2.47. The van der Waals surface area contributed by atoms with Crippen LogP contribution in [0.15, 0.2) is 36.5 Å². The molecule has 1 fully saturated rings. The number of para-hydroxylation sites is 1. The van der Waals surface area contributed by atoms with Crippen LogP contribution in [0.4, 0.5) is 0 Å². The van der Waals surface area contributed by atoms with Crippen molar-refractivity contribution in [3.63, 3.8) is 0 Å². The van der Waals surface area contributed by atoms with Crippen LogP contribution in [0.1, 0.15) is 0 Å². The predicted molar refractivity (Wildman–Crippen MR) is 81.0 cm³/mol. The van der Waals surface area contributed by atoms with E-state index in [1.807, 2.05) is 30.3 Å². The Hall–Kier alpha value is -1.56. The van der Waals surface area contributed by atoms with Crippen LogP contribution in [-0.4, -0.2) is 47.5 Å². The lowest BCUT2D eigenvalue weighted by molar-refractivity contribution is 0.0360. The van der Waals surface area contributed by atoms with Gasteiger partial charge in [0.15, 0.2) is 10.9 Å². The van der Waals surface area contributed by atoms with Crippen molar-refractivity contribution in [2.24, 2.45) is 0 Å². The van der Waals surface area contributed by atoms with Gasteiger partial charge in [-0.1, -0.05) is 29.8 Å². The molecule has 6 heteroatoms. The van der Waals surface area contributed by atoms with E-state index in [0.717, 1.165) is 45.1 Å². The van der Waals surface area contributed by atoms with E-state index in [-0.39, 0.29) is 0 Å². The summed E-state index contributed by atoms with van der Waals surface area (Å²) >= 11 is 6.32. The van der Waals surface area contributed by atoms with Crippen molar-refractivity contribution in [2.75, 3.05) is 32.8 Å². The number of morpholine rings is 1. The zero-order valence-electron chi connectivity index (χ0n) is 11.7. The Balaban J connectivity index is 1.59. The highest BCUT2D eigenvalue weighted by molar-refractivity contribution is 6.31. The van der Waals surface area contributed by atoms with Crippen molar-refractivity contribution in [2.45, 2.75) is 6.54 Å². The average molecular weight is 308 g/mol. The van der Waals surface area contributed by atoms with E-state index in [1.54, 1.807) is 10.9 Å². The van der Waals surface area contributed by atoms with Crippen LogP contribution in [0.5, 0.6) is 11.5 Å². The van der Waals surface area contributed by atoms with E-state index >= 15 is 0 Å². The number of hydrogen-bond acceptors (Lipinski definition) is 4. The Morgan fingerprint density at radius 2 is 1.90 bits per heavy atom. The standard InChI is InChI=1S/C15H18ClN3O2/c16-15-14(21-13-4-2-1-3-5-13)12-17-19(15)7-6-18-8-10-20-11-9-18/h1-5,12H,6-11H2. The van der Waals surface area contributed by atoms with E-state index in [4.69, 9.17) is 21.1 Å². The van der Waals surface area contributed by atoms with Gasteiger partial charge in [-0.3, -0.25) is 4.90 Å². The normalized spacial score (nSPS) is 16.0. The summed E-state index contributed by atoms with van der Waals surface area (Å²) in [7, 11) is 0. The first-order chi connectivity index (χ1) is 10.3. The van der Waals surface area contributed by atoms with Crippen LogP contribution in [0.25, 0.3) is 0 Å². The number of ether oxygens (including phenoxy) is 2. The summed E-state index contributed by atoms with van der Waals surface area (Å²) < 4.78 is 12.8. The Morgan fingerprint density at radius 3 is 2.67 bits per heavy atom. The van der Waals surface area contributed by atoms with Gasteiger partial charge in [-0.25, -0.2) is 4.68 Å². The maximum atomic E-state index is 6.32. The first kappa shape index (κ1) is 14.4. The summed E-state index contributed by atoms with van der Waals surface area (Å²) in [6.07, 6.45) is 1.66. The molecule has 0 atom stereocenters. The molecule has 5 nitrogen and oxygen atoms in total. The molecule has 0 N–H and O–H groups in total. The lowest BCUT2D eigenvalue weighted by Gasteiger charge is -2.26. The second-order valence-electron chi connectivity index (χ2n) is 4.89. The molecule has 0 saturated carbocycles. The maximum absolute atomic E-state index is 6.32. The number of rotatable bonds is 5. The lowest BCUT2D eigenvalue weighted by atomic mass is 10.3. The third kappa shape index (κ3) is 3.75. The van der Waals surface area contributed by atoms with Crippen LogP contribution in [0, 0.1) is 0 Å². The van der Waals surface area contributed by atoms with Crippen LogP contribution in [0.3, 0.4) is 0 Å². The molecular formula is C15H18ClN3O2. The number of aromatic nitrogens is 2. The lowest BCUT2D eigenvalue weighted by Crippen LogP contribution is -2.38. The summed E-state index contributed by atoms with van der Waals surface area (Å²) in [6.45, 7) is 5.19. The van der Waals surface area contributed by atoms with Crippen molar-refractivity contribution < 1.29 is 9.47 Å². The second-order valence-corrected chi connectivity index (χ2v) is 5.25. The van der Waals surface area contributed by atoms with Crippen molar-refractivity contribution in [1.82, 2.24) is 14.7 Å². The molecule has 1 aliphatic rings. The van der Waals surface area contributed by atoms with Gasteiger partial charge in [-0.15, -0.1) is 0 Å². The van der Waals surface area contributed by atoms with E-state index in [0.29, 0.717) is 10.9 Å². The largest absolute Gasteiger partial charge is 0.452 e. The smallest absolute Gasteiger partial charge is 0.184 e. The third-order valence-electron chi connectivity index (χ3n) is 3.45. The van der Waals surface area contributed by atoms with E-state index in [2.05, 4.69) is 10.00 Å². The Bertz CT molecular complexity index is 568. The van der Waals surface area contributed by atoms with Crippen molar-refractivity contribution in [1.29, 1.82) is 0 Å². The van der Waals surface area contributed by atoms with E-state index in [9.17, 15) is 0 Å². The molecule has 21 heavy (non-hydrogen) atoms. The monoisotopic (exact) mass is 307 g/mol. The second kappa shape index (κ2) is 6.93. The Labute approximate surface area is 129 Å². The molecule has 1 aromatic heterocycles. The van der Waals surface area contributed by atoms with Gasteiger partial charge >= 0.3 is 0 Å². The van der Waals surface area contributed by atoms with Gasteiger partial charge in [-0.05, 0) is 12.1 Å². The molecule has 0 bridgehead atoms. The van der Waals surface area contributed by atoms with Crippen LogP contribution >= 0.6 is 11.6 Å². The molecule has 0 radical (unpaired) electrons. The fourth-order valence-electron chi connectivity index (χ4n) is 2.25. The average Bonchev–Trinajstić information content (AvgIpc) is 2.88. The Kier molecular flexibility index (Phi) is 4.75. The highest BCUT2D eigenvalue weighted by Crippen LogP contribution is 2.28. The minimum atomic E-state index is 0.534. The number of hydrogen-bond donors (Lipinski definition) is 0. The van der Waals surface area contributed by atoms with E-state index < -0.39 is 0 Å². The molecule has 2 heterocycles. The molecule has 1 saturated heterocycles. The van der Waals surface area contributed by atoms with Gasteiger partial charge in [0, 0.05) is 19.6 Å². The van der Waals surface area contributed by atoms with Crippen molar-refractivity contribution >= 4 is 11.6 Å².